The zero-order valence-electron chi connectivity index (χ0n) is 22.6. The molecule has 4 aliphatic rings. The Labute approximate surface area is 220 Å². The molecule has 210 valence electrons. The first-order chi connectivity index (χ1) is 17.4. The molecule has 0 aliphatic heterocycles. The van der Waals surface area contributed by atoms with Gasteiger partial charge in [-0.15, -0.1) is 0 Å². The molecule has 4 fully saturated rings. The Morgan fingerprint density at radius 1 is 1.03 bits per heavy atom. The second-order valence-corrected chi connectivity index (χ2v) is 13.2. The van der Waals surface area contributed by atoms with Crippen molar-refractivity contribution in [1.82, 2.24) is 5.32 Å². The van der Waals surface area contributed by atoms with Gasteiger partial charge in [-0.05, 0) is 104 Å². The van der Waals surface area contributed by atoms with Gasteiger partial charge in [0, 0.05) is 12.8 Å². The first-order valence-electron chi connectivity index (χ1n) is 14.4. The second kappa shape index (κ2) is 10.9. The van der Waals surface area contributed by atoms with Crippen molar-refractivity contribution in [3.05, 3.63) is 0 Å². The van der Waals surface area contributed by atoms with E-state index in [1.165, 1.54) is 0 Å². The molecule has 0 aromatic carbocycles. The molecular formula is C29H47NO7. The zero-order valence-corrected chi connectivity index (χ0v) is 22.6. The van der Waals surface area contributed by atoms with Gasteiger partial charge in [0.2, 0.25) is 5.91 Å². The number of aliphatic carboxylic acids is 1. The quantitative estimate of drug-likeness (QED) is 0.293. The number of nitrogens with one attached hydrogen (secondary N) is 1. The van der Waals surface area contributed by atoms with Crippen molar-refractivity contribution < 1.29 is 34.8 Å². The van der Waals surface area contributed by atoms with Crippen LogP contribution in [-0.2, 0) is 14.4 Å². The Morgan fingerprint density at radius 3 is 2.43 bits per heavy atom. The normalized spacial score (nSPS) is 44.6. The summed E-state index contributed by atoms with van der Waals surface area (Å²) in [5, 5.41) is 45.2. The summed E-state index contributed by atoms with van der Waals surface area (Å²) in [5.74, 6) is -0.155. The van der Waals surface area contributed by atoms with Gasteiger partial charge in [-0.25, -0.2) is 4.79 Å². The van der Waals surface area contributed by atoms with Crippen LogP contribution in [0, 0.1) is 46.3 Å². The molecule has 0 saturated heterocycles. The van der Waals surface area contributed by atoms with Gasteiger partial charge >= 0.3 is 5.97 Å². The highest BCUT2D eigenvalue weighted by atomic mass is 16.4. The molecule has 0 aromatic heterocycles. The lowest BCUT2D eigenvalue weighted by atomic mass is 9.43. The fourth-order valence-corrected chi connectivity index (χ4v) is 9.45. The number of aldehydes is 1. The predicted molar refractivity (Wildman–Crippen MR) is 137 cm³/mol. The van der Waals surface area contributed by atoms with E-state index in [-0.39, 0.29) is 71.7 Å². The molecule has 8 heteroatoms. The van der Waals surface area contributed by atoms with E-state index in [9.17, 15) is 34.8 Å². The maximum atomic E-state index is 12.5. The van der Waals surface area contributed by atoms with Gasteiger partial charge < -0.3 is 30.5 Å². The minimum atomic E-state index is -1.14. The average Bonchev–Trinajstić information content (AvgIpc) is 3.20. The number of carbonyl (C=O) groups is 3. The summed E-state index contributed by atoms with van der Waals surface area (Å²) < 4.78 is 0. The average molecular weight is 522 g/mol. The number of amides is 1. The Balaban J connectivity index is 1.43. The van der Waals surface area contributed by atoms with Gasteiger partial charge in [-0.3, -0.25) is 4.79 Å². The highest BCUT2D eigenvalue weighted by Gasteiger charge is 2.65. The van der Waals surface area contributed by atoms with Crippen LogP contribution < -0.4 is 5.32 Å². The molecule has 4 rings (SSSR count). The maximum absolute atomic E-state index is 12.5. The monoisotopic (exact) mass is 521 g/mol. The molecule has 5 N–H and O–H groups in total. The molecule has 4 saturated carbocycles. The van der Waals surface area contributed by atoms with E-state index < -0.39 is 24.2 Å². The molecular weight excluding hydrogens is 474 g/mol. The first kappa shape index (κ1) is 28.5. The Hall–Kier alpha value is -1.51. The molecule has 4 aliphatic carbocycles. The van der Waals surface area contributed by atoms with Crippen molar-refractivity contribution in [3.8, 4) is 0 Å². The van der Waals surface area contributed by atoms with Crippen LogP contribution in [0.15, 0.2) is 0 Å². The van der Waals surface area contributed by atoms with Crippen molar-refractivity contribution in [2.45, 2.75) is 116 Å². The van der Waals surface area contributed by atoms with E-state index in [2.05, 4.69) is 26.1 Å². The van der Waals surface area contributed by atoms with Crippen LogP contribution in [0.4, 0.5) is 0 Å². The molecule has 1 amide bonds. The van der Waals surface area contributed by atoms with E-state index in [1.54, 1.807) is 0 Å². The van der Waals surface area contributed by atoms with Gasteiger partial charge in [0.05, 0.1) is 18.3 Å². The highest BCUT2D eigenvalue weighted by Crippen LogP contribution is 2.68. The van der Waals surface area contributed by atoms with Crippen LogP contribution >= 0.6 is 0 Å². The summed E-state index contributed by atoms with van der Waals surface area (Å²) in [7, 11) is 0. The van der Waals surface area contributed by atoms with Crippen molar-refractivity contribution in [2.75, 3.05) is 0 Å². The topological polar surface area (TPSA) is 144 Å². The highest BCUT2D eigenvalue weighted by molar-refractivity contribution is 5.83. The number of rotatable bonds is 9. The second-order valence-electron chi connectivity index (χ2n) is 13.2. The van der Waals surface area contributed by atoms with Crippen LogP contribution in [0.25, 0.3) is 0 Å². The zero-order chi connectivity index (χ0) is 27.1. The van der Waals surface area contributed by atoms with Gasteiger partial charge in [0.1, 0.15) is 12.3 Å². The number of carboxylic acid groups (broad SMARTS) is 1. The molecule has 0 bridgehead atoms. The molecule has 0 heterocycles. The SMILES string of the molecule is C[C@H](CCC(=O)N[C@@H](CCC=O)C(=O)O)[C@H]1CCC2C3C(C[C@H](O)[C@@]21C)[C@@]1(C)CC[C@@H](O)C[C@H]1C[C@H]3O. The van der Waals surface area contributed by atoms with Crippen LogP contribution in [0.1, 0.15) is 91.4 Å². The van der Waals surface area contributed by atoms with E-state index in [0.29, 0.717) is 25.0 Å². The summed E-state index contributed by atoms with van der Waals surface area (Å²) in [6.07, 6.45) is 6.26. The van der Waals surface area contributed by atoms with Gasteiger partial charge in [-0.2, -0.15) is 0 Å². The number of carboxylic acids is 1. The van der Waals surface area contributed by atoms with E-state index in [4.69, 9.17) is 0 Å². The minimum Gasteiger partial charge on any atom is -0.480 e. The Kier molecular flexibility index (Phi) is 8.42. The van der Waals surface area contributed by atoms with Crippen molar-refractivity contribution in [1.29, 1.82) is 0 Å². The van der Waals surface area contributed by atoms with E-state index >= 15 is 0 Å². The largest absolute Gasteiger partial charge is 0.480 e. The molecule has 0 spiro atoms. The third-order valence-corrected chi connectivity index (χ3v) is 11.6. The standard InChI is InChI=1S/C29H47NO7/c1-16(6-9-25(35)30-22(27(36)37)5-4-12-31)19-7-8-20-26-21(15-24(34)29(19,20)3)28(2)11-10-18(32)13-17(28)14-23(26)33/h12,16-24,26,32-34H,4-11,13-15H2,1-3H3,(H,30,35)(H,36,37)/t16-,17+,18-,19-,20?,21?,22+,23-,24+,26?,28+,29-/m1/s1. The molecule has 12 atom stereocenters. The number of carbonyl (C=O) groups excluding carboxylic acids is 2. The van der Waals surface area contributed by atoms with Crippen LogP contribution in [0.5, 0.6) is 0 Å². The Morgan fingerprint density at radius 2 is 1.76 bits per heavy atom. The lowest BCUT2D eigenvalue weighted by Crippen LogP contribution is -2.62. The first-order valence-corrected chi connectivity index (χ1v) is 14.4. The molecule has 8 nitrogen and oxygen atoms in total. The predicted octanol–water partition coefficient (Wildman–Crippen LogP) is 2.91. The molecule has 0 radical (unpaired) electrons. The smallest absolute Gasteiger partial charge is 0.326 e. The third-order valence-electron chi connectivity index (χ3n) is 11.6. The summed E-state index contributed by atoms with van der Waals surface area (Å²) in [6.45, 7) is 6.65. The van der Waals surface area contributed by atoms with Crippen LogP contribution in [0.3, 0.4) is 0 Å². The lowest BCUT2D eigenvalue weighted by molar-refractivity contribution is -0.207. The van der Waals surface area contributed by atoms with E-state index in [0.717, 1.165) is 38.5 Å². The van der Waals surface area contributed by atoms with Crippen molar-refractivity contribution >= 4 is 18.2 Å². The maximum Gasteiger partial charge on any atom is 0.326 e. The third kappa shape index (κ3) is 5.10. The fourth-order valence-electron chi connectivity index (χ4n) is 9.45. The number of aliphatic hydroxyl groups is 3. The van der Waals surface area contributed by atoms with Gasteiger partial charge in [0.25, 0.3) is 0 Å². The number of fused-ring (bicyclic) bond motifs is 5. The Bertz CT molecular complexity index is 865. The summed E-state index contributed by atoms with van der Waals surface area (Å²) in [5.41, 5.74) is -0.291. The summed E-state index contributed by atoms with van der Waals surface area (Å²) >= 11 is 0. The van der Waals surface area contributed by atoms with E-state index in [1.807, 2.05) is 0 Å². The van der Waals surface area contributed by atoms with Crippen molar-refractivity contribution in [3.63, 3.8) is 0 Å². The number of hydrogen-bond donors (Lipinski definition) is 5. The number of hydrogen-bond acceptors (Lipinski definition) is 6. The fraction of sp³-hybridized carbons (Fsp3) is 0.897. The van der Waals surface area contributed by atoms with Gasteiger partial charge in [-0.1, -0.05) is 20.8 Å². The number of aliphatic hydroxyl groups excluding tert-OH is 3. The van der Waals surface area contributed by atoms with Crippen LogP contribution in [-0.4, -0.2) is 62.9 Å². The minimum absolute atomic E-state index is 0.0394. The van der Waals surface area contributed by atoms with Crippen molar-refractivity contribution in [2.24, 2.45) is 46.3 Å². The van der Waals surface area contributed by atoms with Gasteiger partial charge in [0.15, 0.2) is 0 Å². The van der Waals surface area contributed by atoms with Crippen LogP contribution in [0.2, 0.25) is 0 Å². The molecule has 3 unspecified atom stereocenters. The summed E-state index contributed by atoms with van der Waals surface area (Å²) in [4.78, 5) is 34.5. The lowest BCUT2D eigenvalue weighted by Gasteiger charge is -2.63. The summed E-state index contributed by atoms with van der Waals surface area (Å²) in [6, 6.07) is -1.06. The molecule has 0 aromatic rings. The molecule has 37 heavy (non-hydrogen) atoms.